The first-order valence-corrected chi connectivity index (χ1v) is 8.42. The summed E-state index contributed by atoms with van der Waals surface area (Å²) in [5.41, 5.74) is 0.598. The van der Waals surface area contributed by atoms with Crippen molar-refractivity contribution in [2.24, 2.45) is 0 Å². The van der Waals surface area contributed by atoms with Crippen molar-refractivity contribution in [1.29, 1.82) is 0 Å². The van der Waals surface area contributed by atoms with Crippen LogP contribution < -0.4 is 4.74 Å². The maximum absolute atomic E-state index is 11.4. The minimum absolute atomic E-state index is 0.0598. The molecule has 0 aromatic heterocycles. The van der Waals surface area contributed by atoms with Crippen molar-refractivity contribution in [3.8, 4) is 5.75 Å². The summed E-state index contributed by atoms with van der Waals surface area (Å²) in [6, 6.07) is 6.85. The first-order valence-electron chi connectivity index (χ1n) is 6.48. The number of rotatable bonds is 6. The number of methoxy groups -OCH3 is 1. The lowest BCUT2D eigenvalue weighted by Gasteiger charge is -2.26. The van der Waals surface area contributed by atoms with E-state index in [1.54, 1.807) is 24.3 Å². The van der Waals surface area contributed by atoms with Gasteiger partial charge in [-0.2, -0.15) is 0 Å². The number of carbonyl (C=O) groups is 3. The molecule has 1 rings (SSSR count). The van der Waals surface area contributed by atoms with E-state index in [1.165, 1.54) is 7.11 Å². The molecule has 0 saturated carbocycles. The van der Waals surface area contributed by atoms with Gasteiger partial charge in [-0.1, -0.05) is 18.2 Å². The molecule has 0 aliphatic heterocycles. The Morgan fingerprint density at radius 3 is 1.77 bits per heavy atom. The summed E-state index contributed by atoms with van der Waals surface area (Å²) < 4.78 is 20.6. The van der Waals surface area contributed by atoms with E-state index < -0.39 is 26.7 Å². The molecule has 0 aliphatic rings. The third kappa shape index (κ3) is 5.21. The normalized spacial score (nSPS) is 10.5. The molecule has 0 atom stereocenters. The lowest BCUT2D eigenvalue weighted by atomic mass is 10.2. The average molecular weight is 326 g/mol. The lowest BCUT2D eigenvalue weighted by Crippen LogP contribution is -2.51. The zero-order valence-corrected chi connectivity index (χ0v) is 13.9. The van der Waals surface area contributed by atoms with Crippen LogP contribution in [-0.2, 0) is 33.7 Å². The fourth-order valence-electron chi connectivity index (χ4n) is 1.91. The third-order valence-corrected chi connectivity index (χ3v) is 5.11. The summed E-state index contributed by atoms with van der Waals surface area (Å²) in [7, 11) is -2.42. The van der Waals surface area contributed by atoms with Crippen molar-refractivity contribution < 1.29 is 32.4 Å². The summed E-state index contributed by atoms with van der Waals surface area (Å²) in [4.78, 5) is 34.1. The van der Waals surface area contributed by atoms with Gasteiger partial charge in [-0.05, 0) is 6.07 Å². The summed E-state index contributed by atoms with van der Waals surface area (Å²) in [5, 5.41) is 0. The summed E-state index contributed by atoms with van der Waals surface area (Å²) >= 11 is 0. The summed E-state index contributed by atoms with van der Waals surface area (Å²) in [6.45, 7) is 3.45. The Morgan fingerprint density at radius 1 is 0.909 bits per heavy atom. The van der Waals surface area contributed by atoms with Crippen LogP contribution in [0.25, 0.3) is 0 Å². The number of para-hydroxylation sites is 1. The van der Waals surface area contributed by atoms with Crippen LogP contribution in [0.2, 0.25) is 0 Å². The molecular formula is C14H18O7Si. The molecule has 0 radical (unpaired) electrons. The van der Waals surface area contributed by atoms with Crippen LogP contribution in [0.4, 0.5) is 0 Å². The molecule has 0 heterocycles. The minimum atomic E-state index is -3.90. The van der Waals surface area contributed by atoms with E-state index in [0.717, 1.165) is 20.8 Å². The minimum Gasteiger partial charge on any atom is -0.496 e. The molecule has 8 heteroatoms. The second-order valence-electron chi connectivity index (χ2n) is 4.45. The van der Waals surface area contributed by atoms with Crippen molar-refractivity contribution in [3.63, 3.8) is 0 Å². The van der Waals surface area contributed by atoms with Crippen LogP contribution in [0.5, 0.6) is 5.75 Å². The predicted molar refractivity (Wildman–Crippen MR) is 77.8 cm³/mol. The van der Waals surface area contributed by atoms with Gasteiger partial charge >= 0.3 is 8.80 Å². The number of carbonyl (C=O) groups excluding carboxylic acids is 3. The number of benzene rings is 1. The highest BCUT2D eigenvalue weighted by Crippen LogP contribution is 2.25. The zero-order chi connectivity index (χ0) is 16.8. The standard InChI is InChI=1S/C14H18O7Si/c1-10(15)19-22(20-11(2)16,21-12(3)17)9-13-7-5-6-8-14(13)18-4/h5-8H,9H2,1-4H3. The zero-order valence-electron chi connectivity index (χ0n) is 12.9. The van der Waals surface area contributed by atoms with Gasteiger partial charge < -0.3 is 18.0 Å². The van der Waals surface area contributed by atoms with E-state index in [-0.39, 0.29) is 6.04 Å². The predicted octanol–water partition coefficient (Wildman–Crippen LogP) is 1.41. The van der Waals surface area contributed by atoms with Gasteiger partial charge in [0.1, 0.15) is 5.75 Å². The molecule has 0 N–H and O–H groups in total. The molecule has 0 amide bonds. The van der Waals surface area contributed by atoms with Gasteiger partial charge in [-0.3, -0.25) is 14.4 Å². The Hall–Kier alpha value is -2.35. The van der Waals surface area contributed by atoms with Gasteiger partial charge in [-0.15, -0.1) is 0 Å². The van der Waals surface area contributed by atoms with Crippen molar-refractivity contribution in [1.82, 2.24) is 0 Å². The smallest absolute Gasteiger partial charge is 0.496 e. The quantitative estimate of drug-likeness (QED) is 0.730. The highest BCUT2D eigenvalue weighted by Gasteiger charge is 2.52. The Morgan fingerprint density at radius 2 is 1.36 bits per heavy atom. The fraction of sp³-hybridized carbons (Fsp3) is 0.357. The first-order chi connectivity index (χ1) is 10.3. The fourth-order valence-corrected chi connectivity index (χ4v) is 4.32. The molecule has 22 heavy (non-hydrogen) atoms. The second kappa shape index (κ2) is 7.60. The molecule has 0 spiro atoms. The topological polar surface area (TPSA) is 88.1 Å². The molecule has 120 valence electrons. The van der Waals surface area contributed by atoms with Gasteiger partial charge in [0.05, 0.1) is 13.2 Å². The molecule has 0 fully saturated rings. The van der Waals surface area contributed by atoms with Gasteiger partial charge in [0.2, 0.25) is 0 Å². The van der Waals surface area contributed by atoms with Crippen molar-refractivity contribution in [3.05, 3.63) is 29.8 Å². The number of hydrogen-bond acceptors (Lipinski definition) is 7. The van der Waals surface area contributed by atoms with Crippen LogP contribution in [0.1, 0.15) is 26.3 Å². The largest absolute Gasteiger partial charge is 0.709 e. The maximum Gasteiger partial charge on any atom is 0.709 e. The Balaban J connectivity index is 3.23. The molecule has 0 bridgehead atoms. The molecule has 7 nitrogen and oxygen atoms in total. The van der Waals surface area contributed by atoms with Crippen LogP contribution in [0.3, 0.4) is 0 Å². The molecule has 1 aromatic carbocycles. The van der Waals surface area contributed by atoms with E-state index in [2.05, 4.69) is 0 Å². The monoisotopic (exact) mass is 326 g/mol. The highest BCUT2D eigenvalue weighted by molar-refractivity contribution is 6.65. The van der Waals surface area contributed by atoms with Gasteiger partial charge in [0, 0.05) is 26.3 Å². The molecule has 1 aromatic rings. The van der Waals surface area contributed by atoms with E-state index in [4.69, 9.17) is 18.0 Å². The van der Waals surface area contributed by atoms with Crippen molar-refractivity contribution >= 4 is 26.7 Å². The highest BCUT2D eigenvalue weighted by atomic mass is 28.4. The number of ether oxygens (including phenoxy) is 1. The second-order valence-corrected chi connectivity index (χ2v) is 6.78. The van der Waals surface area contributed by atoms with Crippen molar-refractivity contribution in [2.45, 2.75) is 26.8 Å². The van der Waals surface area contributed by atoms with E-state index in [9.17, 15) is 14.4 Å². The van der Waals surface area contributed by atoms with Crippen LogP contribution in [-0.4, -0.2) is 33.8 Å². The van der Waals surface area contributed by atoms with Gasteiger partial charge in [-0.25, -0.2) is 0 Å². The lowest BCUT2D eigenvalue weighted by molar-refractivity contribution is -0.147. The van der Waals surface area contributed by atoms with E-state index in [1.807, 2.05) is 0 Å². The van der Waals surface area contributed by atoms with E-state index in [0.29, 0.717) is 11.3 Å². The third-order valence-electron chi connectivity index (χ3n) is 2.50. The Kier molecular flexibility index (Phi) is 6.11. The molecule has 0 aliphatic carbocycles. The first kappa shape index (κ1) is 17.7. The Bertz CT molecular complexity index is 529. The van der Waals surface area contributed by atoms with Gasteiger partial charge in [0.15, 0.2) is 0 Å². The van der Waals surface area contributed by atoms with Crippen LogP contribution in [0, 0.1) is 0 Å². The summed E-state index contributed by atoms with van der Waals surface area (Å²) in [5.74, 6) is -1.61. The van der Waals surface area contributed by atoms with Gasteiger partial charge in [0.25, 0.3) is 17.9 Å². The van der Waals surface area contributed by atoms with Crippen LogP contribution in [0.15, 0.2) is 24.3 Å². The van der Waals surface area contributed by atoms with Crippen molar-refractivity contribution in [2.75, 3.05) is 7.11 Å². The maximum atomic E-state index is 11.4. The number of hydrogen-bond donors (Lipinski definition) is 0. The van der Waals surface area contributed by atoms with E-state index >= 15 is 0 Å². The molecule has 0 saturated heterocycles. The average Bonchev–Trinajstić information content (AvgIpc) is 2.36. The molecule has 0 unspecified atom stereocenters. The van der Waals surface area contributed by atoms with Crippen LogP contribution >= 0.6 is 0 Å². The molecular weight excluding hydrogens is 308 g/mol. The summed E-state index contributed by atoms with van der Waals surface area (Å²) in [6.07, 6.45) is 0. The SMILES string of the molecule is COc1ccccc1C[Si](OC(C)=O)(OC(C)=O)OC(C)=O. The Labute approximate surface area is 129 Å².